The summed E-state index contributed by atoms with van der Waals surface area (Å²) in [6.45, 7) is 8.54. The van der Waals surface area contributed by atoms with E-state index in [0.717, 1.165) is 20.9 Å². The largest absolute Gasteiger partial charge is 0.435 e. The summed E-state index contributed by atoms with van der Waals surface area (Å²) in [4.78, 5) is 16.3. The minimum atomic E-state index is -4.57. The highest BCUT2D eigenvalue weighted by Crippen LogP contribution is 2.44. The van der Waals surface area contributed by atoms with E-state index >= 15 is 0 Å². The number of amides is 1. The van der Waals surface area contributed by atoms with Gasteiger partial charge >= 0.3 is 6.18 Å². The number of hydrogen-bond donors (Lipinski definition) is 0. The third-order valence-electron chi connectivity index (χ3n) is 5.54. The topological polar surface area (TPSA) is 38.1 Å². The first kappa shape index (κ1) is 21.4. The minimum Gasteiger partial charge on any atom is -0.333 e. The second-order valence-corrected chi connectivity index (χ2v) is 8.88. The van der Waals surface area contributed by atoms with E-state index < -0.39 is 11.9 Å². The molecule has 8 heteroatoms. The molecule has 0 N–H and O–H groups in total. The van der Waals surface area contributed by atoms with Crippen LogP contribution in [0, 0.1) is 6.92 Å². The fraction of sp³-hybridized carbons (Fsp3) is 0.304. The molecule has 4 rings (SSSR count). The van der Waals surface area contributed by atoms with Crippen molar-refractivity contribution in [3.63, 3.8) is 0 Å². The Morgan fingerprint density at radius 3 is 2.71 bits per heavy atom. The number of aromatic nitrogens is 2. The second-order valence-electron chi connectivity index (χ2n) is 7.54. The summed E-state index contributed by atoms with van der Waals surface area (Å²) in [6.07, 6.45) is -1.83. The maximum Gasteiger partial charge on any atom is 0.435 e. The van der Waals surface area contributed by atoms with Crippen molar-refractivity contribution in [1.82, 2.24) is 14.7 Å². The molecule has 162 valence electrons. The maximum atomic E-state index is 13.8. The van der Waals surface area contributed by atoms with Crippen molar-refractivity contribution >= 4 is 17.2 Å². The third-order valence-corrected chi connectivity index (χ3v) is 6.60. The van der Waals surface area contributed by atoms with Crippen LogP contribution >= 0.6 is 11.3 Å². The van der Waals surface area contributed by atoms with Gasteiger partial charge < -0.3 is 4.90 Å². The molecule has 0 saturated carbocycles. The van der Waals surface area contributed by atoms with Crippen molar-refractivity contribution < 1.29 is 18.0 Å². The number of carbonyl (C=O) groups excluding carboxylic acids is 1. The summed E-state index contributed by atoms with van der Waals surface area (Å²) in [5.74, 6) is -0.422. The van der Waals surface area contributed by atoms with E-state index in [1.807, 2.05) is 19.1 Å². The van der Waals surface area contributed by atoms with Crippen LogP contribution in [0.4, 0.5) is 13.2 Å². The Morgan fingerprint density at radius 2 is 2.03 bits per heavy atom. The highest BCUT2D eigenvalue weighted by atomic mass is 32.1. The normalized spacial score (nSPS) is 16.3. The van der Waals surface area contributed by atoms with E-state index in [1.165, 1.54) is 17.0 Å². The zero-order valence-corrected chi connectivity index (χ0v) is 18.1. The van der Waals surface area contributed by atoms with Crippen molar-refractivity contribution in [3.05, 3.63) is 75.8 Å². The van der Waals surface area contributed by atoms with Crippen molar-refractivity contribution in [2.75, 3.05) is 6.54 Å². The van der Waals surface area contributed by atoms with Crippen LogP contribution in [-0.2, 0) is 24.1 Å². The van der Waals surface area contributed by atoms with Gasteiger partial charge in [0.15, 0.2) is 5.69 Å². The Labute approximate surface area is 182 Å². The number of alkyl halides is 3. The van der Waals surface area contributed by atoms with E-state index in [-0.39, 0.29) is 17.4 Å². The van der Waals surface area contributed by atoms with Crippen LogP contribution in [0.3, 0.4) is 0 Å². The Bertz CT molecular complexity index is 1150. The lowest BCUT2D eigenvalue weighted by Gasteiger charge is -2.33. The first-order valence-electron chi connectivity index (χ1n) is 9.97. The highest BCUT2D eigenvalue weighted by Gasteiger charge is 2.39. The Kier molecular flexibility index (Phi) is 5.51. The van der Waals surface area contributed by atoms with Gasteiger partial charge in [0.1, 0.15) is 0 Å². The van der Waals surface area contributed by atoms with Gasteiger partial charge in [0.05, 0.1) is 6.54 Å². The fourth-order valence-electron chi connectivity index (χ4n) is 4.16. The maximum absolute atomic E-state index is 13.8. The molecule has 1 aromatic carbocycles. The molecule has 1 amide bonds. The second kappa shape index (κ2) is 8.00. The molecule has 0 fully saturated rings. The number of thiophene rings is 1. The van der Waals surface area contributed by atoms with Crippen LogP contribution in [0.15, 0.2) is 49.2 Å². The number of halogens is 3. The Morgan fingerprint density at radius 1 is 1.29 bits per heavy atom. The van der Waals surface area contributed by atoms with E-state index in [1.54, 1.807) is 35.3 Å². The van der Waals surface area contributed by atoms with Gasteiger partial charge in [-0.2, -0.15) is 18.3 Å². The van der Waals surface area contributed by atoms with Gasteiger partial charge in [-0.15, -0.1) is 11.3 Å². The SMILES string of the molecule is C=CC(=O)N1Cc2sc(C)cc2[C@H](c2ccccc2-c2cn(CC)nc2C(F)(F)F)C1. The molecule has 1 aliphatic heterocycles. The Hall–Kier alpha value is -2.87. The average molecular weight is 446 g/mol. The predicted molar refractivity (Wildman–Crippen MR) is 115 cm³/mol. The van der Waals surface area contributed by atoms with Crippen LogP contribution < -0.4 is 0 Å². The summed E-state index contributed by atoms with van der Waals surface area (Å²) in [5.41, 5.74) is 1.48. The molecule has 3 aromatic rings. The van der Waals surface area contributed by atoms with Gasteiger partial charge in [-0.3, -0.25) is 9.48 Å². The van der Waals surface area contributed by atoms with E-state index in [4.69, 9.17) is 0 Å². The molecule has 0 saturated heterocycles. The summed E-state index contributed by atoms with van der Waals surface area (Å²) >= 11 is 1.61. The van der Waals surface area contributed by atoms with E-state index in [2.05, 4.69) is 17.7 Å². The number of aryl methyl sites for hydroxylation is 2. The first-order valence-corrected chi connectivity index (χ1v) is 10.8. The summed E-state index contributed by atoms with van der Waals surface area (Å²) < 4.78 is 42.6. The summed E-state index contributed by atoms with van der Waals surface area (Å²) in [7, 11) is 0. The summed E-state index contributed by atoms with van der Waals surface area (Å²) in [6, 6.07) is 9.19. The van der Waals surface area contributed by atoms with Gasteiger partial charge in [-0.25, -0.2) is 0 Å². The molecule has 2 aromatic heterocycles. The van der Waals surface area contributed by atoms with Crippen LogP contribution in [-0.4, -0.2) is 27.1 Å². The van der Waals surface area contributed by atoms with Gasteiger partial charge in [0, 0.05) is 40.5 Å². The minimum absolute atomic E-state index is 0.0608. The van der Waals surface area contributed by atoms with Crippen molar-refractivity contribution in [2.24, 2.45) is 0 Å². The molecule has 0 radical (unpaired) electrons. The highest BCUT2D eigenvalue weighted by molar-refractivity contribution is 7.12. The number of benzene rings is 1. The molecule has 31 heavy (non-hydrogen) atoms. The lowest BCUT2D eigenvalue weighted by atomic mass is 9.83. The fourth-order valence-corrected chi connectivity index (χ4v) is 5.27. The molecular formula is C23H22F3N3OS. The van der Waals surface area contributed by atoms with Crippen molar-refractivity contribution in [1.29, 1.82) is 0 Å². The molecule has 1 atom stereocenters. The molecule has 0 bridgehead atoms. The number of rotatable bonds is 4. The Balaban J connectivity index is 1.89. The predicted octanol–water partition coefficient (Wildman–Crippen LogP) is 5.62. The van der Waals surface area contributed by atoms with Gasteiger partial charge in [-0.05, 0) is 42.7 Å². The van der Waals surface area contributed by atoms with Crippen LogP contribution in [0.25, 0.3) is 11.1 Å². The van der Waals surface area contributed by atoms with Crippen LogP contribution in [0.5, 0.6) is 0 Å². The number of hydrogen-bond acceptors (Lipinski definition) is 3. The molecule has 0 aliphatic carbocycles. The quantitative estimate of drug-likeness (QED) is 0.489. The number of nitrogens with zero attached hydrogens (tertiary/aromatic N) is 3. The molecule has 0 spiro atoms. The van der Waals surface area contributed by atoms with Crippen LogP contribution in [0.2, 0.25) is 0 Å². The molecule has 0 unspecified atom stereocenters. The monoisotopic (exact) mass is 445 g/mol. The zero-order chi connectivity index (χ0) is 22.3. The first-order chi connectivity index (χ1) is 14.7. The van der Waals surface area contributed by atoms with Gasteiger partial charge in [0.25, 0.3) is 0 Å². The number of fused-ring (bicyclic) bond motifs is 1. The lowest BCUT2D eigenvalue weighted by molar-refractivity contribution is -0.141. The van der Waals surface area contributed by atoms with Crippen LogP contribution in [0.1, 0.15) is 39.4 Å². The lowest BCUT2D eigenvalue weighted by Crippen LogP contribution is -2.37. The van der Waals surface area contributed by atoms with Crippen molar-refractivity contribution in [3.8, 4) is 11.1 Å². The van der Waals surface area contributed by atoms with E-state index in [0.29, 0.717) is 25.2 Å². The molecular weight excluding hydrogens is 423 g/mol. The zero-order valence-electron chi connectivity index (χ0n) is 17.2. The van der Waals surface area contributed by atoms with Gasteiger partial charge in [-0.1, -0.05) is 30.8 Å². The average Bonchev–Trinajstić information content (AvgIpc) is 3.35. The standard InChI is InChI=1S/C23H22F3N3OS/c1-4-21(30)28-11-18(17-10-14(3)31-20(17)13-28)15-8-6-7-9-16(15)19-12-29(5-2)27-22(19)23(24,25)26/h4,6-10,12,18H,1,5,11,13H2,2-3H3/t18-/m0/s1. The molecule has 3 heterocycles. The molecule has 1 aliphatic rings. The molecule has 4 nitrogen and oxygen atoms in total. The number of carbonyl (C=O) groups is 1. The van der Waals surface area contributed by atoms with Crippen molar-refractivity contribution in [2.45, 2.75) is 39.0 Å². The van der Waals surface area contributed by atoms with Gasteiger partial charge in [0.2, 0.25) is 5.91 Å². The third kappa shape index (κ3) is 3.92. The smallest absolute Gasteiger partial charge is 0.333 e. The summed E-state index contributed by atoms with van der Waals surface area (Å²) in [5, 5.41) is 3.78. The van der Waals surface area contributed by atoms with E-state index in [9.17, 15) is 18.0 Å².